The van der Waals surface area contributed by atoms with Crippen LogP contribution in [0.25, 0.3) is 11.3 Å². The van der Waals surface area contributed by atoms with Gasteiger partial charge in [0.25, 0.3) is 5.91 Å². The van der Waals surface area contributed by atoms with Crippen molar-refractivity contribution in [2.45, 2.75) is 18.9 Å². The Morgan fingerprint density at radius 1 is 1.44 bits per heavy atom. The molecule has 1 aromatic carbocycles. The fourth-order valence-electron chi connectivity index (χ4n) is 3.24. The monoisotopic (exact) mass is 358 g/mol. The van der Waals surface area contributed by atoms with Gasteiger partial charge in [-0.05, 0) is 31.2 Å². The third-order valence-electron chi connectivity index (χ3n) is 4.39. The molecule has 3 N–H and O–H groups in total. The lowest BCUT2D eigenvalue weighted by molar-refractivity contribution is -0.121. The van der Waals surface area contributed by atoms with Gasteiger partial charge in [-0.15, -0.1) is 11.3 Å². The van der Waals surface area contributed by atoms with Crippen LogP contribution in [0.5, 0.6) is 5.75 Å². The summed E-state index contributed by atoms with van der Waals surface area (Å²) >= 11 is 1.54. The number of nitrogens with zero attached hydrogens (tertiary/aromatic N) is 1. The normalized spacial score (nSPS) is 22.0. The Labute approximate surface area is 148 Å². The van der Waals surface area contributed by atoms with Crippen LogP contribution in [0.15, 0.2) is 23.6 Å². The van der Waals surface area contributed by atoms with Crippen LogP contribution in [0.4, 0.5) is 5.69 Å². The number of hydrogen-bond acceptors (Lipinski definition) is 6. The van der Waals surface area contributed by atoms with Crippen molar-refractivity contribution in [3.63, 3.8) is 0 Å². The van der Waals surface area contributed by atoms with E-state index in [1.165, 1.54) is 18.3 Å². The number of aromatic nitrogens is 1. The van der Waals surface area contributed by atoms with Crippen LogP contribution in [0.1, 0.15) is 18.4 Å². The number of amides is 2. The van der Waals surface area contributed by atoms with Crippen molar-refractivity contribution in [3.05, 3.63) is 28.6 Å². The first-order chi connectivity index (χ1) is 12.1. The average molecular weight is 358 g/mol. The SMILES string of the molecule is CC(=O)NC1(c2nc(-c3ccc4c(c3)NC(=O)CO4)cs2)CCNC1. The number of thiazole rings is 1. The van der Waals surface area contributed by atoms with E-state index >= 15 is 0 Å². The van der Waals surface area contributed by atoms with E-state index in [9.17, 15) is 9.59 Å². The molecule has 0 aliphatic carbocycles. The number of nitrogens with one attached hydrogen (secondary N) is 3. The number of hydrogen-bond donors (Lipinski definition) is 3. The molecule has 2 aromatic rings. The molecule has 1 aromatic heterocycles. The summed E-state index contributed by atoms with van der Waals surface area (Å²) in [6.45, 7) is 3.09. The molecule has 0 saturated carbocycles. The molecular formula is C17H18N4O3S. The largest absolute Gasteiger partial charge is 0.482 e. The maximum Gasteiger partial charge on any atom is 0.262 e. The van der Waals surface area contributed by atoms with Crippen molar-refractivity contribution in [2.75, 3.05) is 25.0 Å². The summed E-state index contributed by atoms with van der Waals surface area (Å²) in [6.07, 6.45) is 0.813. The van der Waals surface area contributed by atoms with E-state index in [-0.39, 0.29) is 18.4 Å². The number of fused-ring (bicyclic) bond motifs is 1. The van der Waals surface area contributed by atoms with E-state index in [0.717, 1.165) is 29.2 Å². The van der Waals surface area contributed by atoms with Gasteiger partial charge in [0.15, 0.2) is 6.61 Å². The zero-order chi connectivity index (χ0) is 17.4. The summed E-state index contributed by atoms with van der Waals surface area (Å²) in [7, 11) is 0. The van der Waals surface area contributed by atoms with Crippen molar-refractivity contribution < 1.29 is 14.3 Å². The van der Waals surface area contributed by atoms with Crippen LogP contribution in [0.3, 0.4) is 0 Å². The van der Waals surface area contributed by atoms with E-state index in [0.29, 0.717) is 18.0 Å². The van der Waals surface area contributed by atoms with Crippen molar-refractivity contribution in [3.8, 4) is 17.0 Å². The first-order valence-corrected chi connectivity index (χ1v) is 8.96. The number of carbonyl (C=O) groups excluding carboxylic acids is 2. The van der Waals surface area contributed by atoms with Crippen molar-refractivity contribution in [2.24, 2.45) is 0 Å². The first-order valence-electron chi connectivity index (χ1n) is 8.08. The molecule has 25 heavy (non-hydrogen) atoms. The smallest absolute Gasteiger partial charge is 0.262 e. The molecule has 1 unspecified atom stereocenters. The summed E-state index contributed by atoms with van der Waals surface area (Å²) in [5.41, 5.74) is 1.93. The van der Waals surface area contributed by atoms with Gasteiger partial charge in [-0.3, -0.25) is 9.59 Å². The molecule has 1 saturated heterocycles. The van der Waals surface area contributed by atoms with Gasteiger partial charge in [-0.2, -0.15) is 0 Å². The Bertz CT molecular complexity index is 842. The van der Waals surface area contributed by atoms with Gasteiger partial charge < -0.3 is 20.7 Å². The van der Waals surface area contributed by atoms with Crippen LogP contribution in [0.2, 0.25) is 0 Å². The van der Waals surface area contributed by atoms with E-state index in [4.69, 9.17) is 9.72 Å². The molecule has 2 aliphatic heterocycles. The van der Waals surface area contributed by atoms with Crippen molar-refractivity contribution in [1.82, 2.24) is 15.6 Å². The third-order valence-corrected chi connectivity index (χ3v) is 5.44. The number of benzene rings is 1. The second-order valence-electron chi connectivity index (χ2n) is 6.28. The number of carbonyl (C=O) groups is 2. The van der Waals surface area contributed by atoms with Crippen molar-refractivity contribution in [1.29, 1.82) is 0 Å². The number of anilines is 1. The molecule has 7 nitrogen and oxygen atoms in total. The molecule has 2 amide bonds. The molecule has 130 valence electrons. The highest BCUT2D eigenvalue weighted by molar-refractivity contribution is 7.10. The number of rotatable bonds is 3. The molecule has 0 bridgehead atoms. The maximum absolute atomic E-state index is 11.6. The Hall–Kier alpha value is -2.45. The molecule has 1 atom stereocenters. The standard InChI is InChI=1S/C17H18N4O3S/c1-10(22)21-17(4-5-18-9-17)16-20-13(8-25-16)11-2-3-14-12(6-11)19-15(23)7-24-14/h2-3,6,8,18H,4-5,7,9H2,1H3,(H,19,23)(H,21,22). The predicted octanol–water partition coefficient (Wildman–Crippen LogP) is 1.47. The lowest BCUT2D eigenvalue weighted by Crippen LogP contribution is -2.46. The van der Waals surface area contributed by atoms with Crippen LogP contribution >= 0.6 is 11.3 Å². The molecular weight excluding hydrogens is 340 g/mol. The highest BCUT2D eigenvalue weighted by Gasteiger charge is 2.39. The maximum atomic E-state index is 11.6. The van der Waals surface area contributed by atoms with Gasteiger partial charge in [0, 0.05) is 24.4 Å². The van der Waals surface area contributed by atoms with Gasteiger partial charge >= 0.3 is 0 Å². The number of ether oxygens (including phenoxy) is 1. The third kappa shape index (κ3) is 2.98. The fourth-order valence-corrected chi connectivity index (χ4v) is 4.25. The Morgan fingerprint density at radius 2 is 2.32 bits per heavy atom. The fraction of sp³-hybridized carbons (Fsp3) is 0.353. The van der Waals surface area contributed by atoms with Crippen LogP contribution < -0.4 is 20.7 Å². The van der Waals surface area contributed by atoms with Crippen LogP contribution in [0, 0.1) is 0 Å². The van der Waals surface area contributed by atoms with Gasteiger partial charge in [0.1, 0.15) is 16.3 Å². The second-order valence-corrected chi connectivity index (χ2v) is 7.13. The molecule has 3 heterocycles. The lowest BCUT2D eigenvalue weighted by Gasteiger charge is -2.26. The van der Waals surface area contributed by atoms with Gasteiger partial charge in [0.05, 0.1) is 11.4 Å². The second kappa shape index (κ2) is 6.12. The molecule has 0 spiro atoms. The zero-order valence-electron chi connectivity index (χ0n) is 13.7. The van der Waals surface area contributed by atoms with Gasteiger partial charge in [-0.1, -0.05) is 0 Å². The Kier molecular flexibility index (Phi) is 3.93. The highest BCUT2D eigenvalue weighted by Crippen LogP contribution is 2.36. The first kappa shape index (κ1) is 16.0. The summed E-state index contributed by atoms with van der Waals surface area (Å²) < 4.78 is 5.39. The molecule has 2 aliphatic rings. The van der Waals surface area contributed by atoms with E-state index in [1.807, 2.05) is 23.6 Å². The summed E-state index contributed by atoms with van der Waals surface area (Å²) in [6, 6.07) is 5.63. The summed E-state index contributed by atoms with van der Waals surface area (Å²) in [5, 5.41) is 12.0. The molecule has 4 rings (SSSR count). The minimum atomic E-state index is -0.444. The van der Waals surface area contributed by atoms with E-state index in [2.05, 4.69) is 16.0 Å². The summed E-state index contributed by atoms with van der Waals surface area (Å²) in [5.74, 6) is 0.438. The highest BCUT2D eigenvalue weighted by atomic mass is 32.1. The minimum Gasteiger partial charge on any atom is -0.482 e. The minimum absolute atomic E-state index is 0.0411. The van der Waals surface area contributed by atoms with Crippen molar-refractivity contribution >= 4 is 28.8 Å². The van der Waals surface area contributed by atoms with Gasteiger partial charge in [-0.25, -0.2) is 4.98 Å². The van der Waals surface area contributed by atoms with E-state index in [1.54, 1.807) is 0 Å². The average Bonchev–Trinajstić information content (AvgIpc) is 3.23. The quantitative estimate of drug-likeness (QED) is 0.773. The van der Waals surface area contributed by atoms with E-state index < -0.39 is 5.54 Å². The predicted molar refractivity (Wildman–Crippen MR) is 94.7 cm³/mol. The topological polar surface area (TPSA) is 92.4 Å². The molecule has 8 heteroatoms. The zero-order valence-corrected chi connectivity index (χ0v) is 14.5. The summed E-state index contributed by atoms with van der Waals surface area (Å²) in [4.78, 5) is 27.9. The van der Waals surface area contributed by atoms with Gasteiger partial charge in [0.2, 0.25) is 5.91 Å². The van der Waals surface area contributed by atoms with Crippen LogP contribution in [-0.2, 0) is 15.1 Å². The Morgan fingerprint density at radius 3 is 3.08 bits per heavy atom. The van der Waals surface area contributed by atoms with Crippen LogP contribution in [-0.4, -0.2) is 36.5 Å². The lowest BCUT2D eigenvalue weighted by atomic mass is 9.99. The Balaban J connectivity index is 1.66. The molecule has 0 radical (unpaired) electrons. The molecule has 1 fully saturated rings.